The standard InChI is InChI=1S/C35H42N6O4.2ClH/c1-24-15-17-40(18-16-24)33(43)31(28-14-13-26-11-7-8-12-27(26)19-28)41-21-29(20-37-41)38-32(42)30(39-34(44)35(2,3)36)23-45-22-25-9-5-4-6-10-25;;/h4-14,19-21,24,30-31H,15-18,22-23,36H2,1-3H3,(H,38,42)(H,39,44);2*1H/t30-,31?;;/m1../s1. The smallest absolute Gasteiger partial charge is 0.252 e. The first kappa shape index (κ1) is 37.5. The molecule has 47 heavy (non-hydrogen) atoms. The first-order valence-corrected chi connectivity index (χ1v) is 15.4. The first-order valence-electron chi connectivity index (χ1n) is 15.4. The zero-order valence-electron chi connectivity index (χ0n) is 26.9. The molecule has 4 N–H and O–H groups in total. The maximum absolute atomic E-state index is 14.0. The number of nitrogens with two attached hydrogens (primary N) is 1. The number of piperidine rings is 1. The van der Waals surface area contributed by atoms with Crippen molar-refractivity contribution >= 4 is 59.0 Å². The van der Waals surface area contributed by atoms with Crippen LogP contribution >= 0.6 is 24.8 Å². The van der Waals surface area contributed by atoms with Crippen LogP contribution in [-0.2, 0) is 25.7 Å². The third-order valence-electron chi connectivity index (χ3n) is 8.16. The minimum Gasteiger partial charge on any atom is -0.374 e. The molecular formula is C35H44Cl2N6O4. The van der Waals surface area contributed by atoms with Crippen LogP contribution in [0.4, 0.5) is 5.69 Å². The number of ether oxygens (including phenoxy) is 1. The van der Waals surface area contributed by atoms with Crippen molar-refractivity contribution in [2.45, 2.75) is 57.8 Å². The number of anilines is 1. The van der Waals surface area contributed by atoms with E-state index in [1.54, 1.807) is 24.7 Å². The average molecular weight is 684 g/mol. The van der Waals surface area contributed by atoms with Crippen molar-refractivity contribution in [1.29, 1.82) is 0 Å². The molecule has 1 saturated heterocycles. The summed E-state index contributed by atoms with van der Waals surface area (Å²) in [4.78, 5) is 42.1. The number of carbonyl (C=O) groups excluding carboxylic acids is 3. The summed E-state index contributed by atoms with van der Waals surface area (Å²) in [6, 6.07) is 21.8. The van der Waals surface area contributed by atoms with Gasteiger partial charge in [-0.15, -0.1) is 24.8 Å². The molecule has 3 amide bonds. The minimum absolute atomic E-state index is 0. The molecule has 0 saturated carbocycles. The van der Waals surface area contributed by atoms with Gasteiger partial charge in [0.2, 0.25) is 11.8 Å². The molecule has 5 rings (SSSR count). The second-order valence-electron chi connectivity index (χ2n) is 12.5. The number of halogens is 2. The van der Waals surface area contributed by atoms with Crippen molar-refractivity contribution in [1.82, 2.24) is 20.0 Å². The number of fused-ring (bicyclic) bond motifs is 1. The average Bonchev–Trinajstić information content (AvgIpc) is 3.48. The lowest BCUT2D eigenvalue weighted by Gasteiger charge is -2.33. The van der Waals surface area contributed by atoms with E-state index in [0.717, 1.165) is 34.7 Å². The summed E-state index contributed by atoms with van der Waals surface area (Å²) >= 11 is 0. The zero-order valence-corrected chi connectivity index (χ0v) is 28.6. The van der Waals surface area contributed by atoms with Crippen LogP contribution in [0.1, 0.15) is 50.8 Å². The van der Waals surface area contributed by atoms with E-state index in [9.17, 15) is 14.4 Å². The van der Waals surface area contributed by atoms with Gasteiger partial charge in [-0.05, 0) is 60.6 Å². The Hall–Kier alpha value is -3.96. The van der Waals surface area contributed by atoms with Crippen LogP contribution in [0.2, 0.25) is 0 Å². The third-order valence-corrected chi connectivity index (χ3v) is 8.16. The van der Waals surface area contributed by atoms with Crippen LogP contribution in [0.3, 0.4) is 0 Å². The topological polar surface area (TPSA) is 132 Å². The first-order chi connectivity index (χ1) is 21.6. The summed E-state index contributed by atoms with van der Waals surface area (Å²) in [5.41, 5.74) is 6.94. The molecule has 1 aliphatic rings. The fourth-order valence-corrected chi connectivity index (χ4v) is 5.36. The van der Waals surface area contributed by atoms with E-state index in [0.29, 0.717) is 24.7 Å². The molecule has 3 aromatic carbocycles. The van der Waals surface area contributed by atoms with Gasteiger partial charge in [-0.25, -0.2) is 0 Å². The van der Waals surface area contributed by atoms with Crippen LogP contribution in [0.25, 0.3) is 10.8 Å². The Morgan fingerprint density at radius 2 is 1.64 bits per heavy atom. The molecule has 0 aliphatic carbocycles. The molecule has 12 heteroatoms. The Morgan fingerprint density at radius 1 is 0.979 bits per heavy atom. The maximum Gasteiger partial charge on any atom is 0.252 e. The van der Waals surface area contributed by atoms with E-state index in [2.05, 4.69) is 22.7 Å². The van der Waals surface area contributed by atoms with Gasteiger partial charge in [0.15, 0.2) is 6.04 Å². The van der Waals surface area contributed by atoms with E-state index in [-0.39, 0.29) is 43.9 Å². The summed E-state index contributed by atoms with van der Waals surface area (Å²) in [6.45, 7) is 6.94. The van der Waals surface area contributed by atoms with Gasteiger partial charge in [-0.2, -0.15) is 5.10 Å². The summed E-state index contributed by atoms with van der Waals surface area (Å²) in [7, 11) is 0. The largest absolute Gasteiger partial charge is 0.374 e. The van der Waals surface area contributed by atoms with Crippen LogP contribution < -0.4 is 16.4 Å². The maximum atomic E-state index is 14.0. The van der Waals surface area contributed by atoms with Gasteiger partial charge in [0.05, 0.1) is 30.6 Å². The number of nitrogens with zero attached hydrogens (tertiary/aromatic N) is 3. The zero-order chi connectivity index (χ0) is 32.0. The Kier molecular flexibility index (Phi) is 13.4. The predicted octanol–water partition coefficient (Wildman–Crippen LogP) is 5.11. The number of amides is 3. The molecule has 10 nitrogen and oxygen atoms in total. The number of likely N-dealkylation sites (tertiary alicyclic amines) is 1. The molecule has 1 aromatic heterocycles. The Bertz CT molecular complexity index is 1630. The van der Waals surface area contributed by atoms with Crippen molar-refractivity contribution in [2.75, 3.05) is 25.0 Å². The predicted molar refractivity (Wildman–Crippen MR) is 189 cm³/mol. The van der Waals surface area contributed by atoms with E-state index in [1.807, 2.05) is 77.7 Å². The van der Waals surface area contributed by atoms with Gasteiger partial charge >= 0.3 is 0 Å². The Balaban J connectivity index is 0.00000300. The second-order valence-corrected chi connectivity index (χ2v) is 12.5. The fourth-order valence-electron chi connectivity index (χ4n) is 5.36. The lowest BCUT2D eigenvalue weighted by atomic mass is 9.96. The van der Waals surface area contributed by atoms with Crippen molar-refractivity contribution in [2.24, 2.45) is 11.7 Å². The van der Waals surface area contributed by atoms with Crippen molar-refractivity contribution in [3.8, 4) is 0 Å². The molecule has 252 valence electrons. The molecule has 4 aromatic rings. The summed E-state index contributed by atoms with van der Waals surface area (Å²) in [5.74, 6) is -0.435. The Labute approximate surface area is 288 Å². The quantitative estimate of drug-likeness (QED) is 0.202. The highest BCUT2D eigenvalue weighted by molar-refractivity contribution is 5.98. The van der Waals surface area contributed by atoms with Gasteiger partial charge in [0, 0.05) is 19.3 Å². The van der Waals surface area contributed by atoms with E-state index in [1.165, 1.54) is 6.20 Å². The molecule has 2 heterocycles. The number of hydrogen-bond acceptors (Lipinski definition) is 6. The number of aromatic nitrogens is 2. The summed E-state index contributed by atoms with van der Waals surface area (Å²) in [5, 5.41) is 12.2. The summed E-state index contributed by atoms with van der Waals surface area (Å²) in [6.07, 6.45) is 5.07. The van der Waals surface area contributed by atoms with E-state index < -0.39 is 29.4 Å². The lowest BCUT2D eigenvalue weighted by Crippen LogP contribution is -2.56. The molecule has 0 spiro atoms. The van der Waals surface area contributed by atoms with Crippen LogP contribution in [-0.4, -0.2) is 63.7 Å². The van der Waals surface area contributed by atoms with Crippen molar-refractivity contribution < 1.29 is 19.1 Å². The highest BCUT2D eigenvalue weighted by atomic mass is 35.5. The molecule has 1 fully saturated rings. The normalized spacial score (nSPS) is 14.8. The second kappa shape index (κ2) is 16.7. The number of benzene rings is 3. The molecular weight excluding hydrogens is 639 g/mol. The Morgan fingerprint density at radius 3 is 2.32 bits per heavy atom. The minimum atomic E-state index is -1.19. The van der Waals surface area contributed by atoms with Gasteiger partial charge in [-0.3, -0.25) is 19.1 Å². The van der Waals surface area contributed by atoms with Gasteiger partial charge < -0.3 is 26.0 Å². The molecule has 1 unspecified atom stereocenters. The molecule has 1 aliphatic heterocycles. The fraction of sp³-hybridized carbons (Fsp3) is 0.371. The van der Waals surface area contributed by atoms with Gasteiger partial charge in [0.25, 0.3) is 5.91 Å². The van der Waals surface area contributed by atoms with E-state index in [4.69, 9.17) is 10.5 Å². The molecule has 0 bridgehead atoms. The van der Waals surface area contributed by atoms with Gasteiger partial charge in [0.1, 0.15) is 6.04 Å². The highest BCUT2D eigenvalue weighted by Gasteiger charge is 2.32. The van der Waals surface area contributed by atoms with Crippen LogP contribution in [0.5, 0.6) is 0 Å². The third kappa shape index (κ3) is 9.77. The SMILES string of the molecule is CC1CCN(C(=O)C(c2ccc3ccccc3c2)n2cc(NC(=O)[C@@H](COCc3ccccc3)NC(=O)C(C)(C)N)cn2)CC1.Cl.Cl. The van der Waals surface area contributed by atoms with E-state index >= 15 is 0 Å². The van der Waals surface area contributed by atoms with Gasteiger partial charge in [-0.1, -0.05) is 73.7 Å². The van der Waals surface area contributed by atoms with Crippen molar-refractivity contribution in [3.63, 3.8) is 0 Å². The van der Waals surface area contributed by atoms with Crippen molar-refractivity contribution in [3.05, 3.63) is 96.3 Å². The monoisotopic (exact) mass is 682 g/mol. The number of hydrogen-bond donors (Lipinski definition) is 3. The molecule has 2 atom stereocenters. The van der Waals surface area contributed by atoms with Crippen LogP contribution in [0.15, 0.2) is 85.2 Å². The number of rotatable bonds is 11. The molecule has 0 radical (unpaired) electrons. The van der Waals surface area contributed by atoms with Crippen LogP contribution in [0, 0.1) is 5.92 Å². The summed E-state index contributed by atoms with van der Waals surface area (Å²) < 4.78 is 7.41. The number of carbonyl (C=O) groups is 3. The highest BCUT2D eigenvalue weighted by Crippen LogP contribution is 2.28. The number of nitrogens with one attached hydrogen (secondary N) is 2. The lowest BCUT2D eigenvalue weighted by molar-refractivity contribution is -0.135.